The number of anilines is 2. The van der Waals surface area contributed by atoms with Crippen molar-refractivity contribution in [2.45, 2.75) is 6.92 Å². The van der Waals surface area contributed by atoms with Crippen molar-refractivity contribution < 1.29 is 4.74 Å². The van der Waals surface area contributed by atoms with E-state index in [9.17, 15) is 0 Å². The molecule has 2 heterocycles. The first-order valence-electron chi connectivity index (χ1n) is 6.13. The van der Waals surface area contributed by atoms with Crippen LogP contribution < -0.4 is 15.5 Å². The minimum Gasteiger partial charge on any atom is -0.378 e. The maximum absolute atomic E-state index is 5.32. The summed E-state index contributed by atoms with van der Waals surface area (Å²) in [7, 11) is 0. The van der Waals surface area contributed by atoms with E-state index >= 15 is 0 Å². The molecule has 2 rings (SSSR count). The van der Waals surface area contributed by atoms with Crippen molar-refractivity contribution in [1.82, 2.24) is 10.3 Å². The number of nitrogens with one attached hydrogen (secondary N) is 2. The lowest BCUT2D eigenvalue weighted by Gasteiger charge is -2.27. The van der Waals surface area contributed by atoms with Gasteiger partial charge >= 0.3 is 0 Å². The fourth-order valence-corrected chi connectivity index (χ4v) is 2.04. The summed E-state index contributed by atoms with van der Waals surface area (Å²) in [6.07, 6.45) is 1.80. The zero-order valence-corrected chi connectivity index (χ0v) is 11.3. The van der Waals surface area contributed by atoms with Gasteiger partial charge in [-0.25, -0.2) is 4.98 Å². The molecule has 2 N–H and O–H groups in total. The number of thiocarbonyl (C=S) groups is 1. The van der Waals surface area contributed by atoms with Crippen LogP contribution in [-0.2, 0) is 4.74 Å². The molecule has 6 heteroatoms. The summed E-state index contributed by atoms with van der Waals surface area (Å²) in [6.45, 7) is 6.16. The Bertz CT molecular complexity index is 390. The number of aromatic nitrogens is 1. The Hall–Kier alpha value is -1.40. The molecule has 0 radical (unpaired) electrons. The monoisotopic (exact) mass is 266 g/mol. The fraction of sp³-hybridized carbons (Fsp3) is 0.500. The van der Waals surface area contributed by atoms with Crippen molar-refractivity contribution >= 4 is 28.8 Å². The average Bonchev–Trinajstić information content (AvgIpc) is 2.41. The predicted molar refractivity (Wildman–Crippen MR) is 77.2 cm³/mol. The van der Waals surface area contributed by atoms with Crippen LogP contribution in [0.5, 0.6) is 0 Å². The largest absolute Gasteiger partial charge is 0.378 e. The van der Waals surface area contributed by atoms with Gasteiger partial charge in [0.2, 0.25) is 0 Å². The van der Waals surface area contributed by atoms with Gasteiger partial charge in [0.15, 0.2) is 5.11 Å². The van der Waals surface area contributed by atoms with Gasteiger partial charge in [0.25, 0.3) is 0 Å². The standard InChI is InChI=1S/C12H18N4OS/c1-2-13-12(18)15-10-3-4-11(14-9-10)16-5-7-17-8-6-16/h3-4,9H,2,5-8H2,1H3,(H2,13,15,18). The van der Waals surface area contributed by atoms with Gasteiger partial charge in [-0.1, -0.05) is 0 Å². The zero-order chi connectivity index (χ0) is 12.8. The third-order valence-corrected chi connectivity index (χ3v) is 2.92. The Morgan fingerprint density at radius 3 is 2.83 bits per heavy atom. The van der Waals surface area contributed by atoms with Gasteiger partial charge in [-0.2, -0.15) is 0 Å². The predicted octanol–water partition coefficient (Wildman–Crippen LogP) is 1.22. The summed E-state index contributed by atoms with van der Waals surface area (Å²) in [4.78, 5) is 6.65. The maximum atomic E-state index is 5.32. The van der Waals surface area contributed by atoms with Crippen LogP contribution in [0.1, 0.15) is 6.92 Å². The molecule has 0 amide bonds. The van der Waals surface area contributed by atoms with E-state index in [1.807, 2.05) is 19.1 Å². The smallest absolute Gasteiger partial charge is 0.170 e. The second-order valence-electron chi connectivity index (χ2n) is 3.99. The number of hydrogen-bond acceptors (Lipinski definition) is 4. The van der Waals surface area contributed by atoms with Crippen molar-refractivity contribution in [3.63, 3.8) is 0 Å². The summed E-state index contributed by atoms with van der Waals surface area (Å²) in [6, 6.07) is 3.99. The first-order chi connectivity index (χ1) is 8.79. The minimum absolute atomic E-state index is 0.624. The van der Waals surface area contributed by atoms with Crippen LogP contribution in [0, 0.1) is 0 Å². The molecule has 1 aromatic heterocycles. The van der Waals surface area contributed by atoms with Crippen molar-refractivity contribution in [2.24, 2.45) is 0 Å². The molecule has 5 nitrogen and oxygen atoms in total. The first kappa shape index (κ1) is 13.0. The summed E-state index contributed by atoms with van der Waals surface area (Å²) in [5, 5.41) is 6.75. The molecule has 0 saturated carbocycles. The Labute approximate surface area is 113 Å². The third-order valence-electron chi connectivity index (χ3n) is 2.68. The fourth-order valence-electron chi connectivity index (χ4n) is 1.78. The highest BCUT2D eigenvalue weighted by Crippen LogP contribution is 2.15. The maximum Gasteiger partial charge on any atom is 0.170 e. The van der Waals surface area contributed by atoms with Gasteiger partial charge in [0, 0.05) is 19.6 Å². The van der Waals surface area contributed by atoms with Crippen LogP contribution in [0.2, 0.25) is 0 Å². The molecule has 0 aromatic carbocycles. The molecule has 0 atom stereocenters. The number of rotatable bonds is 3. The van der Waals surface area contributed by atoms with Gasteiger partial charge < -0.3 is 20.3 Å². The Morgan fingerprint density at radius 2 is 2.22 bits per heavy atom. The number of morpholine rings is 1. The van der Waals surface area contributed by atoms with Crippen LogP contribution in [-0.4, -0.2) is 42.9 Å². The summed E-state index contributed by atoms with van der Waals surface area (Å²) in [5.41, 5.74) is 0.901. The number of pyridine rings is 1. The molecule has 0 unspecified atom stereocenters. The number of ether oxygens (including phenoxy) is 1. The molecule has 1 fully saturated rings. The molecule has 1 saturated heterocycles. The molecule has 98 valence electrons. The first-order valence-corrected chi connectivity index (χ1v) is 6.54. The van der Waals surface area contributed by atoms with Gasteiger partial charge in [-0.15, -0.1) is 0 Å². The number of nitrogens with zero attached hydrogens (tertiary/aromatic N) is 2. The zero-order valence-electron chi connectivity index (χ0n) is 10.5. The minimum atomic E-state index is 0.624. The number of hydrogen-bond donors (Lipinski definition) is 2. The van der Waals surface area contributed by atoms with Gasteiger partial charge in [0.05, 0.1) is 25.1 Å². The molecule has 0 bridgehead atoms. The lowest BCUT2D eigenvalue weighted by Crippen LogP contribution is -2.36. The lowest BCUT2D eigenvalue weighted by atomic mass is 10.3. The second kappa shape index (κ2) is 6.51. The highest BCUT2D eigenvalue weighted by atomic mass is 32.1. The van der Waals surface area contributed by atoms with E-state index < -0.39 is 0 Å². The average molecular weight is 266 g/mol. The van der Waals surface area contributed by atoms with Crippen molar-refractivity contribution in [3.8, 4) is 0 Å². The second-order valence-corrected chi connectivity index (χ2v) is 4.40. The Kier molecular flexibility index (Phi) is 4.72. The van der Waals surface area contributed by atoms with Crippen LogP contribution >= 0.6 is 12.2 Å². The SMILES string of the molecule is CCNC(=S)Nc1ccc(N2CCOCC2)nc1. The molecule has 1 aliphatic rings. The molecular formula is C12H18N4OS. The molecule has 18 heavy (non-hydrogen) atoms. The van der Waals surface area contributed by atoms with Gasteiger partial charge in [-0.05, 0) is 31.3 Å². The Balaban J connectivity index is 1.94. The van der Waals surface area contributed by atoms with E-state index in [0.29, 0.717) is 5.11 Å². The molecular weight excluding hydrogens is 248 g/mol. The lowest BCUT2D eigenvalue weighted by molar-refractivity contribution is 0.122. The topological polar surface area (TPSA) is 49.4 Å². The quantitative estimate of drug-likeness (QED) is 0.802. The third kappa shape index (κ3) is 3.54. The summed E-state index contributed by atoms with van der Waals surface area (Å²) in [5.74, 6) is 0.984. The van der Waals surface area contributed by atoms with Crippen molar-refractivity contribution in [1.29, 1.82) is 0 Å². The van der Waals surface area contributed by atoms with Crippen molar-refractivity contribution in [2.75, 3.05) is 43.1 Å². The highest BCUT2D eigenvalue weighted by Gasteiger charge is 2.11. The van der Waals surface area contributed by atoms with Crippen molar-refractivity contribution in [3.05, 3.63) is 18.3 Å². The van der Waals surface area contributed by atoms with Gasteiger partial charge in [0.1, 0.15) is 5.82 Å². The van der Waals surface area contributed by atoms with Crippen LogP contribution in [0.3, 0.4) is 0 Å². The normalized spacial score (nSPS) is 15.3. The Morgan fingerprint density at radius 1 is 1.44 bits per heavy atom. The van der Waals surface area contributed by atoms with E-state index in [-0.39, 0.29) is 0 Å². The molecule has 0 aliphatic carbocycles. The highest BCUT2D eigenvalue weighted by molar-refractivity contribution is 7.80. The van der Waals surface area contributed by atoms with Crippen LogP contribution in [0.25, 0.3) is 0 Å². The summed E-state index contributed by atoms with van der Waals surface area (Å²) < 4.78 is 5.32. The summed E-state index contributed by atoms with van der Waals surface area (Å²) >= 11 is 5.12. The van der Waals surface area contributed by atoms with Crippen LogP contribution in [0.15, 0.2) is 18.3 Å². The molecule has 1 aliphatic heterocycles. The van der Waals surface area contributed by atoms with E-state index in [4.69, 9.17) is 17.0 Å². The van der Waals surface area contributed by atoms with E-state index in [1.165, 1.54) is 0 Å². The van der Waals surface area contributed by atoms with Crippen LogP contribution in [0.4, 0.5) is 11.5 Å². The molecule has 1 aromatic rings. The van der Waals surface area contributed by atoms with E-state index in [0.717, 1.165) is 44.4 Å². The molecule has 0 spiro atoms. The van der Waals surface area contributed by atoms with E-state index in [1.54, 1.807) is 6.20 Å². The van der Waals surface area contributed by atoms with E-state index in [2.05, 4.69) is 20.5 Å². The van der Waals surface area contributed by atoms with Gasteiger partial charge in [-0.3, -0.25) is 0 Å².